The number of Topliss-reactive ketones (excluding diaryl/α,β-unsaturated/α-hetero) is 1. The van der Waals surface area contributed by atoms with Crippen molar-refractivity contribution in [2.45, 2.75) is 45.8 Å². The van der Waals surface area contributed by atoms with Crippen LogP contribution in [-0.4, -0.2) is 68.5 Å². The molecule has 2 N–H and O–H groups in total. The fraction of sp³-hybridized carbons (Fsp3) is 0.444. The number of rotatable bonds is 7. The minimum Gasteiger partial charge on any atom is -0.345 e. The molecule has 0 spiro atoms. The molecule has 0 bridgehead atoms. The Kier molecular flexibility index (Phi) is 7.68. The molecule has 2 aromatic heterocycles. The summed E-state index contributed by atoms with van der Waals surface area (Å²) in [5.74, 6) is -0.115. The molecule has 0 aliphatic carbocycles. The number of carbonyl (C=O) groups is 2. The second-order valence-electron chi connectivity index (χ2n) is 10.3. The number of amides is 1. The van der Waals surface area contributed by atoms with E-state index in [0.29, 0.717) is 24.6 Å². The molecule has 38 heavy (non-hydrogen) atoms. The number of benzene rings is 1. The number of aromatic nitrogens is 4. The molecule has 1 aliphatic heterocycles. The number of allylic oxidation sites excluding steroid dienone is 2. The van der Waals surface area contributed by atoms with Crippen LogP contribution in [-0.2, 0) is 20.1 Å². The maximum Gasteiger partial charge on any atom is 0.332 e. The Morgan fingerprint density at radius 2 is 1.87 bits per heavy atom. The first-order valence-electron chi connectivity index (χ1n) is 12.7. The van der Waals surface area contributed by atoms with Gasteiger partial charge in [-0.2, -0.15) is 4.98 Å². The minimum absolute atomic E-state index is 0.00583. The second-order valence-corrected chi connectivity index (χ2v) is 10.3. The van der Waals surface area contributed by atoms with E-state index in [2.05, 4.69) is 4.90 Å². The number of fused-ring (bicyclic) bond motifs is 1. The van der Waals surface area contributed by atoms with E-state index in [9.17, 15) is 19.2 Å². The molecule has 3 heterocycles. The molecule has 0 radical (unpaired) electrons. The summed E-state index contributed by atoms with van der Waals surface area (Å²) in [4.78, 5) is 60.8. The molecule has 4 rings (SSSR count). The number of ketones is 1. The SMILES string of the molecule is CC(C)=CCn1c(N2CCCC(N)C2)nc2c1c(=O)n(CC(=O)c1cccc(C(=O)N(C)C)c1)c(=O)n2C. The first kappa shape index (κ1) is 27.1. The molecule has 3 aromatic rings. The van der Waals surface area contributed by atoms with Crippen molar-refractivity contribution in [3.05, 3.63) is 67.9 Å². The highest BCUT2D eigenvalue weighted by Crippen LogP contribution is 2.23. The van der Waals surface area contributed by atoms with Gasteiger partial charge in [0.2, 0.25) is 5.95 Å². The summed E-state index contributed by atoms with van der Waals surface area (Å²) >= 11 is 0. The number of nitrogens with two attached hydrogens (primary N) is 1. The van der Waals surface area contributed by atoms with Gasteiger partial charge in [0.15, 0.2) is 16.9 Å². The van der Waals surface area contributed by atoms with Gasteiger partial charge in [0.25, 0.3) is 11.5 Å². The average molecular weight is 522 g/mol. The van der Waals surface area contributed by atoms with Crippen LogP contribution >= 0.6 is 0 Å². The Hall–Kier alpha value is -3.99. The van der Waals surface area contributed by atoms with Gasteiger partial charge in [0, 0.05) is 57.9 Å². The topological polar surface area (TPSA) is 128 Å². The summed E-state index contributed by atoms with van der Waals surface area (Å²) in [6, 6.07) is 6.27. The van der Waals surface area contributed by atoms with Gasteiger partial charge in [0.05, 0.1) is 6.54 Å². The van der Waals surface area contributed by atoms with Crippen LogP contribution in [0, 0.1) is 0 Å². The Morgan fingerprint density at radius 3 is 2.53 bits per heavy atom. The predicted molar refractivity (Wildman–Crippen MR) is 147 cm³/mol. The summed E-state index contributed by atoms with van der Waals surface area (Å²) in [6.45, 7) is 5.21. The van der Waals surface area contributed by atoms with Gasteiger partial charge in [-0.3, -0.25) is 23.5 Å². The monoisotopic (exact) mass is 521 g/mol. The van der Waals surface area contributed by atoms with Crippen LogP contribution in [0.3, 0.4) is 0 Å². The van der Waals surface area contributed by atoms with E-state index in [1.165, 1.54) is 15.5 Å². The van der Waals surface area contributed by atoms with E-state index in [0.717, 1.165) is 29.5 Å². The standard InChI is InChI=1S/C27H35N7O4/c1-17(2)11-13-33-22-23(29-26(33)32-12-7-10-20(28)15-32)31(5)27(38)34(25(22)37)16-21(35)18-8-6-9-19(14-18)24(36)30(3)4/h6,8-9,11,14,20H,7,10,12-13,15-16,28H2,1-5H3. The Morgan fingerprint density at radius 1 is 1.16 bits per heavy atom. The molecule has 1 amide bonds. The first-order valence-corrected chi connectivity index (χ1v) is 12.7. The maximum atomic E-state index is 13.8. The van der Waals surface area contributed by atoms with Crippen LogP contribution in [0.4, 0.5) is 5.95 Å². The summed E-state index contributed by atoms with van der Waals surface area (Å²) in [5.41, 5.74) is 7.18. The molecular weight excluding hydrogens is 486 g/mol. The molecule has 11 nitrogen and oxygen atoms in total. The lowest BCUT2D eigenvalue weighted by Gasteiger charge is -2.31. The fourth-order valence-corrected chi connectivity index (χ4v) is 4.70. The van der Waals surface area contributed by atoms with Gasteiger partial charge >= 0.3 is 5.69 Å². The van der Waals surface area contributed by atoms with Crippen molar-refractivity contribution in [1.82, 2.24) is 23.6 Å². The number of hydrogen-bond donors (Lipinski definition) is 1. The van der Waals surface area contributed by atoms with E-state index in [1.54, 1.807) is 43.9 Å². The van der Waals surface area contributed by atoms with E-state index in [-0.39, 0.29) is 28.7 Å². The Balaban J connectivity index is 1.82. The summed E-state index contributed by atoms with van der Waals surface area (Å²) in [7, 11) is 4.80. The number of carbonyl (C=O) groups excluding carboxylic acids is 2. The molecule has 1 atom stereocenters. The highest BCUT2D eigenvalue weighted by Gasteiger charge is 2.26. The summed E-state index contributed by atoms with van der Waals surface area (Å²) in [5, 5.41) is 0. The van der Waals surface area contributed by atoms with Gasteiger partial charge in [0.1, 0.15) is 0 Å². The van der Waals surface area contributed by atoms with Crippen LogP contribution in [0.5, 0.6) is 0 Å². The number of nitrogens with zero attached hydrogens (tertiary/aromatic N) is 6. The Bertz CT molecular complexity index is 1540. The van der Waals surface area contributed by atoms with Gasteiger partial charge < -0.3 is 20.1 Å². The third kappa shape index (κ3) is 5.19. The van der Waals surface area contributed by atoms with Gasteiger partial charge in [-0.05, 0) is 38.8 Å². The van der Waals surface area contributed by atoms with Gasteiger partial charge in [-0.1, -0.05) is 23.8 Å². The van der Waals surface area contributed by atoms with Gasteiger partial charge in [-0.15, -0.1) is 0 Å². The van der Waals surface area contributed by atoms with Crippen LogP contribution in [0.25, 0.3) is 11.2 Å². The van der Waals surface area contributed by atoms with Crippen LogP contribution in [0.2, 0.25) is 0 Å². The molecule has 1 aromatic carbocycles. The number of hydrogen-bond acceptors (Lipinski definition) is 7. The van der Waals surface area contributed by atoms with Gasteiger partial charge in [-0.25, -0.2) is 4.79 Å². The third-order valence-corrected chi connectivity index (χ3v) is 6.77. The van der Waals surface area contributed by atoms with E-state index < -0.39 is 23.6 Å². The zero-order valence-corrected chi connectivity index (χ0v) is 22.6. The minimum atomic E-state index is -0.634. The maximum absolute atomic E-state index is 13.8. The highest BCUT2D eigenvalue weighted by molar-refractivity contribution is 6.00. The molecular formula is C27H35N7O4. The van der Waals surface area contributed by atoms with Crippen molar-refractivity contribution in [1.29, 1.82) is 0 Å². The van der Waals surface area contributed by atoms with Crippen molar-refractivity contribution < 1.29 is 9.59 Å². The van der Waals surface area contributed by atoms with Crippen LogP contribution in [0.15, 0.2) is 45.5 Å². The third-order valence-electron chi connectivity index (χ3n) is 6.77. The molecule has 202 valence electrons. The zero-order valence-electron chi connectivity index (χ0n) is 22.6. The number of aryl methyl sites for hydroxylation is 1. The molecule has 1 fully saturated rings. The lowest BCUT2D eigenvalue weighted by molar-refractivity contribution is 0.0827. The molecule has 1 unspecified atom stereocenters. The smallest absolute Gasteiger partial charge is 0.332 e. The lowest BCUT2D eigenvalue weighted by atomic mass is 10.1. The lowest BCUT2D eigenvalue weighted by Crippen LogP contribution is -2.44. The van der Waals surface area contributed by atoms with Crippen molar-refractivity contribution in [2.75, 3.05) is 32.1 Å². The Labute approximate surface area is 220 Å². The number of imidazole rings is 1. The number of anilines is 1. The van der Waals surface area contributed by atoms with E-state index in [1.807, 2.05) is 19.9 Å². The predicted octanol–water partition coefficient (Wildman–Crippen LogP) is 1.38. The van der Waals surface area contributed by atoms with Crippen LogP contribution in [0.1, 0.15) is 47.4 Å². The summed E-state index contributed by atoms with van der Waals surface area (Å²) < 4.78 is 4.05. The molecule has 1 saturated heterocycles. The summed E-state index contributed by atoms with van der Waals surface area (Å²) in [6.07, 6.45) is 3.81. The highest BCUT2D eigenvalue weighted by atomic mass is 16.2. The first-order chi connectivity index (χ1) is 18.0. The zero-order chi connectivity index (χ0) is 27.7. The normalized spacial score (nSPS) is 15.5. The largest absolute Gasteiger partial charge is 0.345 e. The quantitative estimate of drug-likeness (QED) is 0.367. The van der Waals surface area contributed by atoms with E-state index >= 15 is 0 Å². The second kappa shape index (κ2) is 10.8. The fourth-order valence-electron chi connectivity index (χ4n) is 4.70. The van der Waals surface area contributed by atoms with Crippen molar-refractivity contribution >= 4 is 28.8 Å². The van der Waals surface area contributed by atoms with Crippen molar-refractivity contribution in [3.8, 4) is 0 Å². The molecule has 11 heteroatoms. The van der Waals surface area contributed by atoms with Crippen molar-refractivity contribution in [3.63, 3.8) is 0 Å². The van der Waals surface area contributed by atoms with E-state index in [4.69, 9.17) is 10.7 Å². The molecule has 0 saturated carbocycles. The average Bonchev–Trinajstić information content (AvgIpc) is 3.28. The molecule has 1 aliphatic rings. The van der Waals surface area contributed by atoms with Crippen molar-refractivity contribution in [2.24, 2.45) is 12.8 Å². The van der Waals surface area contributed by atoms with Crippen LogP contribution < -0.4 is 21.9 Å². The number of piperidine rings is 1.